The Kier molecular flexibility index (Phi) is 9.90. The molecule has 1 atom stereocenters. The van der Waals surface area contributed by atoms with Gasteiger partial charge in [-0.2, -0.15) is 4.57 Å². The second-order valence-corrected chi connectivity index (χ2v) is 16.9. The number of nitrogens with zero attached hydrogens (tertiary/aromatic N) is 7. The van der Waals surface area contributed by atoms with Gasteiger partial charge in [0.2, 0.25) is 11.6 Å². The molecule has 0 saturated carbocycles. The Bertz CT molecular complexity index is 2660. The van der Waals surface area contributed by atoms with Crippen LogP contribution in [0.15, 0.2) is 87.6 Å². The molecule has 0 bridgehead atoms. The van der Waals surface area contributed by atoms with Gasteiger partial charge in [0, 0.05) is 57.7 Å². The summed E-state index contributed by atoms with van der Waals surface area (Å²) in [4.78, 5) is 37.0. The average Bonchev–Trinajstić information content (AvgIpc) is 3.86. The summed E-state index contributed by atoms with van der Waals surface area (Å²) in [5.74, 6) is 1.26. The van der Waals surface area contributed by atoms with Crippen LogP contribution in [0.2, 0.25) is 5.02 Å². The summed E-state index contributed by atoms with van der Waals surface area (Å²) < 4.78 is 7.58. The smallest absolute Gasteiger partial charge is 0.271 e. The van der Waals surface area contributed by atoms with Crippen LogP contribution in [0.5, 0.6) is 0 Å². The standard InChI is InChI=1S/C40H37ClN8O2S3/c1-6-48-33(54-36(38(48)51)40-46(5)30-12-7-8-13-31(30)53-40)21-28-11-9-10-19-47(28)20-18-42-32(50)22-29-37-45-44-25(4)49(37)39-34(23(2)24(3)52-39)35(43-29)26-14-16-27(41)17-15-26/h7-17,19,21,29H,6,18,20,22H2,1-5H3/p+1/b40-36+/t29-/m0/s1. The molecule has 2 aromatic carbocycles. The summed E-state index contributed by atoms with van der Waals surface area (Å²) in [6.07, 6.45) is 4.16. The van der Waals surface area contributed by atoms with Gasteiger partial charge in [-0.1, -0.05) is 47.6 Å². The number of halogens is 1. The van der Waals surface area contributed by atoms with Crippen LogP contribution in [0.3, 0.4) is 0 Å². The molecule has 4 aromatic heterocycles. The van der Waals surface area contributed by atoms with Crippen molar-refractivity contribution in [2.24, 2.45) is 4.99 Å². The molecule has 0 fully saturated rings. The number of thiazole rings is 1. The van der Waals surface area contributed by atoms with E-state index in [4.69, 9.17) is 16.6 Å². The number of carbonyl (C=O) groups is 1. The Morgan fingerprint density at radius 2 is 1.80 bits per heavy atom. The largest absolute Gasteiger partial charge is 0.350 e. The Morgan fingerprint density at radius 1 is 1.02 bits per heavy atom. The molecule has 6 aromatic rings. The van der Waals surface area contributed by atoms with Crippen molar-refractivity contribution in [2.45, 2.75) is 58.1 Å². The third kappa shape index (κ3) is 6.52. The van der Waals surface area contributed by atoms with Crippen molar-refractivity contribution in [3.05, 3.63) is 136 Å². The fourth-order valence-corrected chi connectivity index (χ4v) is 10.7. The molecule has 0 aliphatic carbocycles. The quantitative estimate of drug-likeness (QED) is 0.200. The first-order chi connectivity index (χ1) is 26.1. The number of pyridine rings is 1. The van der Waals surface area contributed by atoms with E-state index in [1.807, 2.05) is 86.3 Å². The number of thioether (sulfide) groups is 1. The van der Waals surface area contributed by atoms with Crippen molar-refractivity contribution >= 4 is 74.4 Å². The number of nitrogens with one attached hydrogen (secondary N) is 1. The van der Waals surface area contributed by atoms with E-state index in [-0.39, 0.29) is 17.9 Å². The van der Waals surface area contributed by atoms with Gasteiger partial charge < -0.3 is 10.2 Å². The maximum Gasteiger partial charge on any atom is 0.271 e. The van der Waals surface area contributed by atoms with Gasteiger partial charge >= 0.3 is 0 Å². The molecular weight excluding hydrogens is 756 g/mol. The van der Waals surface area contributed by atoms with Gasteiger partial charge in [-0.05, 0) is 63.6 Å². The number of aliphatic imine (C=N–C) groups is 1. The summed E-state index contributed by atoms with van der Waals surface area (Å²) in [6, 6.07) is 21.3. The van der Waals surface area contributed by atoms with E-state index < -0.39 is 6.04 Å². The SMILES string of the molecule is CCn1c(=O)/c(=C2\Sc3ccccc3N2C)s/c1=C\c1cccc[n+]1CCNC(=O)C[C@@H]1N=C(c2ccc(Cl)cc2)c2c(sc(C)c2C)-n2c(C)nnc21. The molecule has 0 unspecified atom stereocenters. The average molecular weight is 794 g/mol. The molecule has 14 heteroatoms. The minimum Gasteiger partial charge on any atom is -0.350 e. The van der Waals surface area contributed by atoms with Crippen LogP contribution in [0.4, 0.5) is 5.69 Å². The lowest BCUT2D eigenvalue weighted by atomic mass is 9.99. The van der Waals surface area contributed by atoms with Crippen LogP contribution in [0.25, 0.3) is 16.1 Å². The van der Waals surface area contributed by atoms with E-state index in [9.17, 15) is 9.59 Å². The van der Waals surface area contributed by atoms with Crippen molar-refractivity contribution in [2.75, 3.05) is 18.5 Å². The monoisotopic (exact) mass is 793 g/mol. The minimum atomic E-state index is -0.550. The summed E-state index contributed by atoms with van der Waals surface area (Å²) >= 11 is 11.1. The lowest BCUT2D eigenvalue weighted by molar-refractivity contribution is -0.696. The number of benzene rings is 2. The minimum absolute atomic E-state index is 0.0115. The Balaban J connectivity index is 1.05. The van der Waals surface area contributed by atoms with Crippen molar-refractivity contribution < 1.29 is 9.36 Å². The number of rotatable bonds is 8. The first-order valence-corrected chi connectivity index (χ1v) is 20.5. The van der Waals surface area contributed by atoms with Crippen LogP contribution in [-0.4, -0.2) is 44.5 Å². The highest BCUT2D eigenvalue weighted by atomic mass is 35.5. The van der Waals surface area contributed by atoms with Gasteiger partial charge in [-0.15, -0.1) is 32.9 Å². The van der Waals surface area contributed by atoms with Crippen LogP contribution < -0.4 is 29.5 Å². The third-order valence-electron chi connectivity index (χ3n) is 9.82. The van der Waals surface area contributed by atoms with Crippen LogP contribution in [0, 0.1) is 20.8 Å². The number of amides is 1. The topological polar surface area (TPSA) is 101 Å². The van der Waals surface area contributed by atoms with Crippen molar-refractivity contribution in [1.82, 2.24) is 24.6 Å². The highest BCUT2D eigenvalue weighted by molar-refractivity contribution is 8.08. The van der Waals surface area contributed by atoms with Gasteiger partial charge in [0.25, 0.3) is 5.56 Å². The number of thiophene rings is 1. The van der Waals surface area contributed by atoms with Crippen LogP contribution in [0.1, 0.15) is 58.3 Å². The van der Waals surface area contributed by atoms with Gasteiger partial charge in [0.15, 0.2) is 18.6 Å². The van der Waals surface area contributed by atoms with E-state index in [1.165, 1.54) is 16.2 Å². The number of hydrogen-bond acceptors (Lipinski definition) is 9. The third-order valence-corrected chi connectivity index (χ3v) is 13.7. The number of para-hydroxylation sites is 1. The lowest BCUT2D eigenvalue weighted by Crippen LogP contribution is -2.43. The molecule has 54 heavy (non-hydrogen) atoms. The predicted molar refractivity (Wildman–Crippen MR) is 219 cm³/mol. The molecule has 0 spiro atoms. The highest BCUT2D eigenvalue weighted by Gasteiger charge is 2.32. The first kappa shape index (κ1) is 36.2. The highest BCUT2D eigenvalue weighted by Crippen LogP contribution is 2.45. The number of hydrogen-bond donors (Lipinski definition) is 1. The number of anilines is 1. The Hall–Kier alpha value is -4.82. The fraction of sp³-hybridized carbons (Fsp3) is 0.250. The summed E-state index contributed by atoms with van der Waals surface area (Å²) in [7, 11) is 2.01. The number of aryl methyl sites for hydroxylation is 2. The van der Waals surface area contributed by atoms with E-state index in [0.29, 0.717) is 30.5 Å². The molecule has 0 saturated heterocycles. The molecule has 2 aliphatic heterocycles. The Labute approximate surface area is 329 Å². The summed E-state index contributed by atoms with van der Waals surface area (Å²) in [6.45, 7) is 9.65. The van der Waals surface area contributed by atoms with Gasteiger partial charge in [-0.25, -0.2) is 0 Å². The zero-order valence-corrected chi connectivity index (χ0v) is 33.7. The molecule has 1 amide bonds. The zero-order chi connectivity index (χ0) is 37.7. The normalized spacial score (nSPS) is 16.2. The summed E-state index contributed by atoms with van der Waals surface area (Å²) in [5, 5.41) is 14.7. The molecule has 0 radical (unpaired) electrons. The van der Waals surface area contributed by atoms with E-state index in [2.05, 4.69) is 61.6 Å². The van der Waals surface area contributed by atoms with E-state index >= 15 is 0 Å². The molecule has 274 valence electrons. The number of carbonyl (C=O) groups excluding carboxylic acids is 1. The van der Waals surface area contributed by atoms with Gasteiger partial charge in [-0.3, -0.25) is 23.7 Å². The van der Waals surface area contributed by atoms with Crippen LogP contribution >= 0.6 is 46.0 Å². The summed E-state index contributed by atoms with van der Waals surface area (Å²) in [5.41, 5.74) is 5.96. The maximum atomic E-state index is 13.7. The molecule has 8 rings (SSSR count). The molecule has 10 nitrogen and oxygen atoms in total. The Morgan fingerprint density at radius 3 is 2.57 bits per heavy atom. The maximum absolute atomic E-state index is 13.7. The second-order valence-electron chi connectivity index (χ2n) is 13.2. The van der Waals surface area contributed by atoms with E-state index in [0.717, 1.165) is 63.7 Å². The van der Waals surface area contributed by atoms with Gasteiger partial charge in [0.1, 0.15) is 31.1 Å². The number of fused-ring (bicyclic) bond motifs is 4. The molecule has 6 heterocycles. The zero-order valence-electron chi connectivity index (χ0n) is 30.5. The van der Waals surface area contributed by atoms with Crippen molar-refractivity contribution in [3.8, 4) is 5.00 Å². The van der Waals surface area contributed by atoms with E-state index in [1.54, 1.807) is 23.1 Å². The second kappa shape index (κ2) is 14.8. The number of aromatic nitrogens is 5. The predicted octanol–water partition coefficient (Wildman–Crippen LogP) is 5.67. The molecular formula is C40H38ClN8O2S3+. The molecule has 1 N–H and O–H groups in total. The molecule has 2 aliphatic rings. The van der Waals surface area contributed by atoms with Crippen molar-refractivity contribution in [1.29, 1.82) is 0 Å². The van der Waals surface area contributed by atoms with Gasteiger partial charge in [0.05, 0.1) is 24.4 Å². The lowest BCUT2D eigenvalue weighted by Gasteiger charge is -2.13. The van der Waals surface area contributed by atoms with Crippen LogP contribution in [-0.2, 0) is 17.9 Å². The first-order valence-electron chi connectivity index (χ1n) is 17.7. The van der Waals surface area contributed by atoms with Crippen molar-refractivity contribution in [3.63, 3.8) is 0 Å². The fourth-order valence-electron chi connectivity index (χ4n) is 6.92.